The molecule has 0 unspecified atom stereocenters. The Morgan fingerprint density at radius 1 is 1.32 bits per heavy atom. The van der Waals surface area contributed by atoms with Gasteiger partial charge in [-0.25, -0.2) is 8.42 Å². The van der Waals surface area contributed by atoms with Gasteiger partial charge < -0.3 is 10.1 Å². The van der Waals surface area contributed by atoms with Crippen LogP contribution in [-0.4, -0.2) is 39.8 Å². The molecule has 6 nitrogen and oxygen atoms in total. The van der Waals surface area contributed by atoms with Gasteiger partial charge in [0.25, 0.3) is 0 Å². The third-order valence-corrected chi connectivity index (χ3v) is 4.37. The van der Waals surface area contributed by atoms with E-state index >= 15 is 0 Å². The van der Waals surface area contributed by atoms with Gasteiger partial charge >= 0.3 is 0 Å². The summed E-state index contributed by atoms with van der Waals surface area (Å²) >= 11 is 0. The maximum atomic E-state index is 11.9. The standard InChI is InChI=1S/C15H22N2O4S/c1-3-10-21-14-8-6-13(7-9-14)17(22(2,19)20)11-15(18)16-12-4-5-12/h6-9,12H,3-5,10-11H2,1-2H3,(H,16,18). The first kappa shape index (κ1) is 16.6. The summed E-state index contributed by atoms with van der Waals surface area (Å²) < 4.78 is 30.5. The molecule has 122 valence electrons. The summed E-state index contributed by atoms with van der Waals surface area (Å²) in [6.45, 7) is 2.42. The summed E-state index contributed by atoms with van der Waals surface area (Å²) in [7, 11) is -3.53. The van der Waals surface area contributed by atoms with E-state index in [0.717, 1.165) is 29.8 Å². The van der Waals surface area contributed by atoms with Crippen LogP contribution in [-0.2, 0) is 14.8 Å². The fourth-order valence-electron chi connectivity index (χ4n) is 1.96. The average Bonchev–Trinajstić information content (AvgIpc) is 3.26. The second kappa shape index (κ2) is 7.00. The number of sulfonamides is 1. The van der Waals surface area contributed by atoms with Gasteiger partial charge in [-0.15, -0.1) is 0 Å². The van der Waals surface area contributed by atoms with Crippen LogP contribution in [0.5, 0.6) is 5.75 Å². The molecule has 1 N–H and O–H groups in total. The molecule has 1 amide bonds. The van der Waals surface area contributed by atoms with E-state index in [1.807, 2.05) is 6.92 Å². The van der Waals surface area contributed by atoms with Crippen molar-refractivity contribution in [2.24, 2.45) is 0 Å². The first-order chi connectivity index (χ1) is 10.4. The normalized spacial score (nSPS) is 14.5. The van der Waals surface area contributed by atoms with Gasteiger partial charge in [-0.2, -0.15) is 0 Å². The average molecular weight is 326 g/mol. The summed E-state index contributed by atoms with van der Waals surface area (Å²) in [6.07, 6.45) is 3.93. The molecule has 0 heterocycles. The van der Waals surface area contributed by atoms with Crippen molar-refractivity contribution in [3.8, 4) is 5.75 Å². The van der Waals surface area contributed by atoms with E-state index in [4.69, 9.17) is 4.74 Å². The third kappa shape index (κ3) is 4.91. The highest BCUT2D eigenvalue weighted by Gasteiger charge is 2.26. The Kier molecular flexibility index (Phi) is 5.28. The lowest BCUT2D eigenvalue weighted by molar-refractivity contribution is -0.119. The highest BCUT2D eigenvalue weighted by Crippen LogP contribution is 2.22. The van der Waals surface area contributed by atoms with Crippen molar-refractivity contribution in [2.75, 3.05) is 23.7 Å². The molecule has 7 heteroatoms. The number of hydrogen-bond donors (Lipinski definition) is 1. The molecule has 1 fully saturated rings. The molecule has 22 heavy (non-hydrogen) atoms. The number of benzene rings is 1. The zero-order valence-corrected chi connectivity index (χ0v) is 13.7. The number of ether oxygens (including phenoxy) is 1. The predicted molar refractivity (Wildman–Crippen MR) is 85.6 cm³/mol. The number of anilines is 1. The fourth-order valence-corrected chi connectivity index (χ4v) is 2.82. The van der Waals surface area contributed by atoms with Gasteiger partial charge in [0.1, 0.15) is 12.3 Å². The third-order valence-electron chi connectivity index (χ3n) is 3.23. The van der Waals surface area contributed by atoms with Crippen LogP contribution in [0.4, 0.5) is 5.69 Å². The van der Waals surface area contributed by atoms with Crippen molar-refractivity contribution in [3.63, 3.8) is 0 Å². The minimum absolute atomic E-state index is 0.204. The molecule has 1 aromatic rings. The van der Waals surface area contributed by atoms with E-state index < -0.39 is 10.0 Å². The van der Waals surface area contributed by atoms with E-state index in [-0.39, 0.29) is 18.5 Å². The summed E-state index contributed by atoms with van der Waals surface area (Å²) in [6, 6.07) is 6.93. The predicted octanol–water partition coefficient (Wildman–Crippen LogP) is 1.52. The molecule has 1 saturated carbocycles. The lowest BCUT2D eigenvalue weighted by Crippen LogP contribution is -2.41. The van der Waals surface area contributed by atoms with Crippen molar-refractivity contribution in [1.29, 1.82) is 0 Å². The maximum Gasteiger partial charge on any atom is 0.240 e. The number of rotatable bonds is 8. The minimum atomic E-state index is -3.53. The second-order valence-electron chi connectivity index (χ2n) is 5.45. The highest BCUT2D eigenvalue weighted by atomic mass is 32.2. The molecule has 0 atom stereocenters. The number of carbonyl (C=O) groups is 1. The summed E-state index contributed by atoms with van der Waals surface area (Å²) in [5.74, 6) is 0.403. The number of nitrogens with one attached hydrogen (secondary N) is 1. The molecule has 0 saturated heterocycles. The monoisotopic (exact) mass is 326 g/mol. The Balaban J connectivity index is 2.09. The molecular weight excluding hydrogens is 304 g/mol. The molecule has 1 aromatic carbocycles. The van der Waals surface area contributed by atoms with E-state index in [2.05, 4.69) is 5.32 Å². The van der Waals surface area contributed by atoms with Crippen molar-refractivity contribution in [2.45, 2.75) is 32.2 Å². The maximum absolute atomic E-state index is 11.9. The van der Waals surface area contributed by atoms with E-state index in [0.29, 0.717) is 18.0 Å². The van der Waals surface area contributed by atoms with Crippen LogP contribution in [0.2, 0.25) is 0 Å². The SMILES string of the molecule is CCCOc1ccc(N(CC(=O)NC2CC2)S(C)(=O)=O)cc1. The Hall–Kier alpha value is -1.76. The first-order valence-electron chi connectivity index (χ1n) is 7.40. The summed E-state index contributed by atoms with van der Waals surface area (Å²) in [5, 5.41) is 2.80. The van der Waals surface area contributed by atoms with Crippen LogP contribution < -0.4 is 14.4 Å². The van der Waals surface area contributed by atoms with Crippen LogP contribution in [0.25, 0.3) is 0 Å². The minimum Gasteiger partial charge on any atom is -0.494 e. The number of hydrogen-bond acceptors (Lipinski definition) is 4. The van der Waals surface area contributed by atoms with E-state index in [1.54, 1.807) is 24.3 Å². The Bertz CT molecular complexity index is 609. The molecule has 0 bridgehead atoms. The molecule has 2 rings (SSSR count). The second-order valence-corrected chi connectivity index (χ2v) is 7.36. The molecule has 0 aliphatic heterocycles. The van der Waals surface area contributed by atoms with Crippen molar-refractivity contribution >= 4 is 21.6 Å². The number of amides is 1. The van der Waals surface area contributed by atoms with Gasteiger partial charge in [0.05, 0.1) is 18.6 Å². The Labute approximate surface area is 131 Å². The molecule has 0 aromatic heterocycles. The van der Waals surface area contributed by atoms with Crippen molar-refractivity contribution < 1.29 is 17.9 Å². The molecule has 0 spiro atoms. The van der Waals surface area contributed by atoms with Gasteiger partial charge in [0.2, 0.25) is 15.9 Å². The fraction of sp³-hybridized carbons (Fsp3) is 0.533. The zero-order chi connectivity index (χ0) is 16.2. The van der Waals surface area contributed by atoms with Crippen LogP contribution in [0.3, 0.4) is 0 Å². The largest absolute Gasteiger partial charge is 0.494 e. The first-order valence-corrected chi connectivity index (χ1v) is 9.25. The van der Waals surface area contributed by atoms with Crippen LogP contribution >= 0.6 is 0 Å². The molecule has 0 radical (unpaired) electrons. The molecule has 1 aliphatic carbocycles. The van der Waals surface area contributed by atoms with Crippen molar-refractivity contribution in [3.05, 3.63) is 24.3 Å². The van der Waals surface area contributed by atoms with Gasteiger partial charge in [0.15, 0.2) is 0 Å². The number of nitrogens with zero attached hydrogens (tertiary/aromatic N) is 1. The Morgan fingerprint density at radius 2 is 1.95 bits per heavy atom. The van der Waals surface area contributed by atoms with Gasteiger partial charge in [-0.3, -0.25) is 9.10 Å². The molecular formula is C15H22N2O4S. The van der Waals surface area contributed by atoms with Crippen molar-refractivity contribution in [1.82, 2.24) is 5.32 Å². The summed E-state index contributed by atoms with van der Waals surface area (Å²) in [4.78, 5) is 11.9. The quantitative estimate of drug-likeness (QED) is 0.786. The van der Waals surface area contributed by atoms with Crippen LogP contribution in [0.1, 0.15) is 26.2 Å². The van der Waals surface area contributed by atoms with Crippen LogP contribution in [0, 0.1) is 0 Å². The lowest BCUT2D eigenvalue weighted by atomic mass is 10.3. The summed E-state index contributed by atoms with van der Waals surface area (Å²) in [5.41, 5.74) is 0.456. The lowest BCUT2D eigenvalue weighted by Gasteiger charge is -2.22. The zero-order valence-electron chi connectivity index (χ0n) is 12.9. The smallest absolute Gasteiger partial charge is 0.240 e. The van der Waals surface area contributed by atoms with Gasteiger partial charge in [0, 0.05) is 6.04 Å². The van der Waals surface area contributed by atoms with E-state index in [1.165, 1.54) is 0 Å². The van der Waals surface area contributed by atoms with E-state index in [9.17, 15) is 13.2 Å². The van der Waals surface area contributed by atoms with Crippen LogP contribution in [0.15, 0.2) is 24.3 Å². The van der Waals surface area contributed by atoms with Gasteiger partial charge in [-0.1, -0.05) is 6.92 Å². The van der Waals surface area contributed by atoms with Gasteiger partial charge in [-0.05, 0) is 43.5 Å². The number of carbonyl (C=O) groups excluding carboxylic acids is 1. The molecule has 1 aliphatic rings. The Morgan fingerprint density at radius 3 is 2.45 bits per heavy atom. The highest BCUT2D eigenvalue weighted by molar-refractivity contribution is 7.92. The topological polar surface area (TPSA) is 75.7 Å².